The van der Waals surface area contributed by atoms with Crippen LogP contribution in [0.1, 0.15) is 18.1 Å². The Balaban J connectivity index is 1.69. The number of carbonyl (C=O) groups excluding carboxylic acids is 1. The highest BCUT2D eigenvalue weighted by Crippen LogP contribution is 2.32. The summed E-state index contributed by atoms with van der Waals surface area (Å²) in [5.41, 5.74) is 2.56. The van der Waals surface area contributed by atoms with Crippen molar-refractivity contribution in [3.05, 3.63) is 93.4 Å². The van der Waals surface area contributed by atoms with Crippen LogP contribution in [0.3, 0.4) is 0 Å². The van der Waals surface area contributed by atoms with Crippen molar-refractivity contribution in [1.82, 2.24) is 4.31 Å². The molecule has 3 aromatic carbocycles. The van der Waals surface area contributed by atoms with E-state index in [-0.39, 0.29) is 29.9 Å². The van der Waals surface area contributed by atoms with Gasteiger partial charge in [0.15, 0.2) is 0 Å². The van der Waals surface area contributed by atoms with E-state index in [9.17, 15) is 13.2 Å². The van der Waals surface area contributed by atoms with E-state index < -0.39 is 10.0 Å². The molecule has 8 heteroatoms. The molecule has 1 unspecified atom stereocenters. The van der Waals surface area contributed by atoms with Crippen LogP contribution in [-0.2, 0) is 27.8 Å². The number of amides is 1. The molecule has 0 N–H and O–H groups in total. The van der Waals surface area contributed by atoms with Crippen LogP contribution >= 0.6 is 27.5 Å². The highest BCUT2D eigenvalue weighted by atomic mass is 79.9. The summed E-state index contributed by atoms with van der Waals surface area (Å²) in [6, 6.07) is 21.1. The first-order valence-electron chi connectivity index (χ1n) is 10.2. The van der Waals surface area contributed by atoms with Gasteiger partial charge in [-0.3, -0.25) is 4.79 Å². The van der Waals surface area contributed by atoms with Crippen molar-refractivity contribution >= 4 is 49.1 Å². The van der Waals surface area contributed by atoms with Crippen LogP contribution in [0.5, 0.6) is 0 Å². The van der Waals surface area contributed by atoms with Crippen LogP contribution in [0.25, 0.3) is 0 Å². The Morgan fingerprint density at radius 1 is 1.06 bits per heavy atom. The Kier molecular flexibility index (Phi) is 6.72. The Hall–Kier alpha value is -2.19. The molecule has 0 spiro atoms. The average molecular weight is 534 g/mol. The van der Waals surface area contributed by atoms with Crippen LogP contribution in [0.2, 0.25) is 5.02 Å². The zero-order chi connectivity index (χ0) is 22.9. The molecular formula is C24H22BrClN2O3S. The van der Waals surface area contributed by atoms with Crippen molar-refractivity contribution in [2.75, 3.05) is 11.4 Å². The third kappa shape index (κ3) is 4.62. The second kappa shape index (κ2) is 9.35. The first-order valence-corrected chi connectivity index (χ1v) is 12.8. The van der Waals surface area contributed by atoms with Gasteiger partial charge in [-0.25, -0.2) is 8.42 Å². The van der Waals surface area contributed by atoms with Crippen LogP contribution in [0.15, 0.2) is 82.2 Å². The largest absolute Gasteiger partial charge is 0.308 e. The zero-order valence-electron chi connectivity index (χ0n) is 17.4. The van der Waals surface area contributed by atoms with E-state index in [2.05, 4.69) is 15.9 Å². The molecule has 1 amide bonds. The van der Waals surface area contributed by atoms with Crippen LogP contribution in [0.4, 0.5) is 5.69 Å². The zero-order valence-corrected chi connectivity index (χ0v) is 20.6. The summed E-state index contributed by atoms with van der Waals surface area (Å²) < 4.78 is 29.0. The maximum Gasteiger partial charge on any atom is 0.243 e. The molecule has 1 aliphatic heterocycles. The molecule has 5 nitrogen and oxygen atoms in total. The fraction of sp³-hybridized carbons (Fsp3) is 0.208. The number of para-hydroxylation sites is 1. The number of halogens is 2. The number of anilines is 1. The Labute approximate surface area is 201 Å². The first-order chi connectivity index (χ1) is 15.3. The van der Waals surface area contributed by atoms with Gasteiger partial charge >= 0.3 is 0 Å². The molecule has 0 saturated heterocycles. The van der Waals surface area contributed by atoms with Crippen LogP contribution < -0.4 is 4.90 Å². The van der Waals surface area contributed by atoms with Crippen molar-refractivity contribution < 1.29 is 13.2 Å². The van der Waals surface area contributed by atoms with Gasteiger partial charge in [-0.15, -0.1) is 0 Å². The molecule has 1 heterocycles. The SMILES string of the molecule is CC1Cc2ccccc2N1C(=O)CN(Cc1ccccc1Cl)S(=O)(=O)c1ccc(Br)cc1. The fourth-order valence-electron chi connectivity index (χ4n) is 3.97. The molecule has 3 aromatic rings. The molecule has 0 aromatic heterocycles. The maximum absolute atomic E-state index is 13.5. The lowest BCUT2D eigenvalue weighted by Gasteiger charge is -2.28. The summed E-state index contributed by atoms with van der Waals surface area (Å²) in [5, 5.41) is 0.454. The monoisotopic (exact) mass is 532 g/mol. The molecule has 0 fully saturated rings. The van der Waals surface area contributed by atoms with Gasteiger partial charge in [0.1, 0.15) is 0 Å². The van der Waals surface area contributed by atoms with Gasteiger partial charge in [-0.05, 0) is 60.9 Å². The summed E-state index contributed by atoms with van der Waals surface area (Å²) >= 11 is 9.65. The summed E-state index contributed by atoms with van der Waals surface area (Å²) in [5.74, 6) is -0.268. The van der Waals surface area contributed by atoms with E-state index in [0.717, 1.165) is 22.1 Å². The molecular weight excluding hydrogens is 512 g/mol. The van der Waals surface area contributed by atoms with Crippen molar-refractivity contribution in [1.29, 1.82) is 0 Å². The predicted molar refractivity (Wildman–Crippen MR) is 130 cm³/mol. The molecule has 4 rings (SSSR count). The minimum atomic E-state index is -3.95. The number of hydrogen-bond donors (Lipinski definition) is 0. The summed E-state index contributed by atoms with van der Waals surface area (Å²) in [7, 11) is -3.95. The van der Waals surface area contributed by atoms with Crippen molar-refractivity contribution in [3.63, 3.8) is 0 Å². The molecule has 0 saturated carbocycles. The second-order valence-electron chi connectivity index (χ2n) is 7.76. The minimum absolute atomic E-state index is 0.00627. The molecule has 1 atom stereocenters. The van der Waals surface area contributed by atoms with E-state index >= 15 is 0 Å². The highest BCUT2D eigenvalue weighted by molar-refractivity contribution is 9.10. The van der Waals surface area contributed by atoms with E-state index in [4.69, 9.17) is 11.6 Å². The summed E-state index contributed by atoms with van der Waals surface area (Å²) in [6.07, 6.45) is 0.742. The highest BCUT2D eigenvalue weighted by Gasteiger charge is 2.34. The Morgan fingerprint density at radius 2 is 1.72 bits per heavy atom. The molecule has 1 aliphatic rings. The quantitative estimate of drug-likeness (QED) is 0.434. The minimum Gasteiger partial charge on any atom is -0.308 e. The van der Waals surface area contributed by atoms with Gasteiger partial charge in [0.2, 0.25) is 15.9 Å². The Bertz CT molecular complexity index is 1250. The van der Waals surface area contributed by atoms with Crippen LogP contribution in [-0.4, -0.2) is 31.2 Å². The lowest BCUT2D eigenvalue weighted by molar-refractivity contribution is -0.119. The number of sulfonamides is 1. The third-order valence-corrected chi connectivity index (χ3v) is 8.25. The van der Waals surface area contributed by atoms with Crippen molar-refractivity contribution in [2.24, 2.45) is 0 Å². The van der Waals surface area contributed by atoms with Gasteiger partial charge in [0.25, 0.3) is 0 Å². The third-order valence-electron chi connectivity index (χ3n) is 5.54. The van der Waals surface area contributed by atoms with Gasteiger partial charge in [0.05, 0.1) is 11.4 Å². The van der Waals surface area contributed by atoms with Crippen LogP contribution in [0, 0.1) is 0 Å². The number of rotatable bonds is 6. The molecule has 166 valence electrons. The summed E-state index contributed by atoms with van der Waals surface area (Å²) in [4.78, 5) is 15.2. The standard InChI is InChI=1S/C24H22BrClN2O3S/c1-17-14-18-6-3-5-9-23(18)28(17)24(29)16-27(15-19-7-2-4-8-22(19)26)32(30,31)21-12-10-20(25)11-13-21/h2-13,17H,14-16H2,1H3. The number of nitrogens with zero attached hydrogens (tertiary/aromatic N) is 2. The number of carbonyl (C=O) groups is 1. The molecule has 0 aliphatic carbocycles. The normalized spacial score (nSPS) is 15.8. The Morgan fingerprint density at radius 3 is 2.44 bits per heavy atom. The molecule has 0 bridgehead atoms. The van der Waals surface area contributed by atoms with E-state index in [0.29, 0.717) is 10.6 Å². The van der Waals surface area contributed by atoms with E-state index in [1.807, 2.05) is 31.2 Å². The van der Waals surface area contributed by atoms with Gasteiger partial charge in [-0.2, -0.15) is 4.31 Å². The maximum atomic E-state index is 13.5. The van der Waals surface area contributed by atoms with E-state index in [1.54, 1.807) is 41.3 Å². The molecule has 32 heavy (non-hydrogen) atoms. The number of fused-ring (bicyclic) bond motifs is 1. The second-order valence-corrected chi connectivity index (χ2v) is 11.0. The first kappa shape index (κ1) is 23.0. The van der Waals surface area contributed by atoms with Crippen molar-refractivity contribution in [2.45, 2.75) is 30.8 Å². The molecule has 0 radical (unpaired) electrons. The number of benzene rings is 3. The van der Waals surface area contributed by atoms with Crippen molar-refractivity contribution in [3.8, 4) is 0 Å². The topological polar surface area (TPSA) is 57.7 Å². The lowest BCUT2D eigenvalue weighted by atomic mass is 10.1. The van der Waals surface area contributed by atoms with Gasteiger partial charge < -0.3 is 4.90 Å². The predicted octanol–water partition coefficient (Wildman–Crippen LogP) is 5.27. The van der Waals surface area contributed by atoms with Gasteiger partial charge in [-0.1, -0.05) is 63.9 Å². The lowest BCUT2D eigenvalue weighted by Crippen LogP contribution is -2.44. The summed E-state index contributed by atoms with van der Waals surface area (Å²) in [6.45, 7) is 1.68. The average Bonchev–Trinajstić information content (AvgIpc) is 3.10. The van der Waals surface area contributed by atoms with Gasteiger partial charge in [0, 0.05) is 27.8 Å². The number of hydrogen-bond acceptors (Lipinski definition) is 3. The van der Waals surface area contributed by atoms with E-state index in [1.165, 1.54) is 16.4 Å². The smallest absolute Gasteiger partial charge is 0.243 e. The fourth-order valence-corrected chi connectivity index (χ4v) is 5.80.